The van der Waals surface area contributed by atoms with Gasteiger partial charge in [0, 0.05) is 12.6 Å². The molecule has 2 unspecified atom stereocenters. The summed E-state index contributed by atoms with van der Waals surface area (Å²) in [6.45, 7) is 9.94. The molecule has 0 aliphatic carbocycles. The van der Waals surface area contributed by atoms with Crippen molar-refractivity contribution in [1.29, 1.82) is 0 Å². The SMILES string of the molecule is CCCC(C)NCC1COC(C)(C)O1. The summed E-state index contributed by atoms with van der Waals surface area (Å²) in [6.07, 6.45) is 2.66. The molecule has 0 amide bonds. The average Bonchev–Trinajstić information content (AvgIpc) is 2.43. The van der Waals surface area contributed by atoms with Gasteiger partial charge < -0.3 is 14.8 Å². The standard InChI is InChI=1S/C11H23NO2/c1-5-6-9(2)12-7-10-8-13-11(3,4)14-10/h9-10,12H,5-8H2,1-4H3. The molecular formula is C11H23NO2. The molecule has 0 aromatic heterocycles. The number of ether oxygens (including phenoxy) is 2. The Labute approximate surface area is 87.2 Å². The lowest BCUT2D eigenvalue weighted by atomic mass is 10.2. The van der Waals surface area contributed by atoms with E-state index < -0.39 is 0 Å². The first-order valence-corrected chi connectivity index (χ1v) is 5.58. The zero-order valence-corrected chi connectivity index (χ0v) is 9.80. The van der Waals surface area contributed by atoms with E-state index in [0.717, 1.165) is 6.54 Å². The lowest BCUT2D eigenvalue weighted by molar-refractivity contribution is -0.137. The van der Waals surface area contributed by atoms with Gasteiger partial charge in [0.15, 0.2) is 5.79 Å². The van der Waals surface area contributed by atoms with E-state index in [2.05, 4.69) is 19.2 Å². The second-order valence-corrected chi connectivity index (χ2v) is 4.55. The van der Waals surface area contributed by atoms with Gasteiger partial charge in [0.1, 0.15) is 0 Å². The van der Waals surface area contributed by atoms with Crippen LogP contribution in [0.25, 0.3) is 0 Å². The Hall–Kier alpha value is -0.120. The Kier molecular flexibility index (Phi) is 4.35. The molecule has 3 heteroatoms. The van der Waals surface area contributed by atoms with E-state index >= 15 is 0 Å². The van der Waals surface area contributed by atoms with Gasteiger partial charge in [-0.05, 0) is 27.2 Å². The molecule has 2 atom stereocenters. The van der Waals surface area contributed by atoms with Crippen molar-refractivity contribution in [3.63, 3.8) is 0 Å². The first-order chi connectivity index (χ1) is 6.53. The smallest absolute Gasteiger partial charge is 0.163 e. The molecular weight excluding hydrogens is 178 g/mol. The van der Waals surface area contributed by atoms with E-state index in [4.69, 9.17) is 9.47 Å². The molecule has 14 heavy (non-hydrogen) atoms. The Balaban J connectivity index is 2.14. The first-order valence-electron chi connectivity index (χ1n) is 5.58. The maximum absolute atomic E-state index is 5.69. The minimum atomic E-state index is -0.389. The third-order valence-electron chi connectivity index (χ3n) is 2.48. The Morgan fingerprint density at radius 3 is 2.71 bits per heavy atom. The topological polar surface area (TPSA) is 30.5 Å². The summed E-state index contributed by atoms with van der Waals surface area (Å²) in [5.74, 6) is -0.389. The number of hydrogen-bond acceptors (Lipinski definition) is 3. The van der Waals surface area contributed by atoms with Crippen LogP contribution >= 0.6 is 0 Å². The van der Waals surface area contributed by atoms with Gasteiger partial charge in [-0.3, -0.25) is 0 Å². The lowest BCUT2D eigenvalue weighted by Crippen LogP contribution is -2.35. The van der Waals surface area contributed by atoms with Gasteiger partial charge in [0.05, 0.1) is 12.7 Å². The molecule has 1 N–H and O–H groups in total. The predicted molar refractivity (Wildman–Crippen MR) is 57.3 cm³/mol. The molecule has 0 saturated carbocycles. The van der Waals surface area contributed by atoms with Crippen molar-refractivity contribution >= 4 is 0 Å². The summed E-state index contributed by atoms with van der Waals surface area (Å²) in [5.41, 5.74) is 0. The van der Waals surface area contributed by atoms with E-state index in [1.165, 1.54) is 12.8 Å². The maximum Gasteiger partial charge on any atom is 0.163 e. The molecule has 1 heterocycles. The zero-order valence-electron chi connectivity index (χ0n) is 9.80. The van der Waals surface area contributed by atoms with Crippen LogP contribution in [-0.2, 0) is 9.47 Å². The van der Waals surface area contributed by atoms with E-state index in [-0.39, 0.29) is 11.9 Å². The summed E-state index contributed by atoms with van der Waals surface area (Å²) >= 11 is 0. The van der Waals surface area contributed by atoms with Gasteiger partial charge >= 0.3 is 0 Å². The van der Waals surface area contributed by atoms with E-state index in [0.29, 0.717) is 12.6 Å². The number of hydrogen-bond donors (Lipinski definition) is 1. The molecule has 0 spiro atoms. The minimum Gasteiger partial charge on any atom is -0.348 e. The fourth-order valence-corrected chi connectivity index (χ4v) is 1.73. The Morgan fingerprint density at radius 2 is 2.21 bits per heavy atom. The van der Waals surface area contributed by atoms with Crippen LogP contribution in [-0.4, -0.2) is 31.1 Å². The van der Waals surface area contributed by atoms with Crippen molar-refractivity contribution in [2.45, 2.75) is 58.5 Å². The highest BCUT2D eigenvalue weighted by molar-refractivity contribution is 4.74. The van der Waals surface area contributed by atoms with E-state index in [1.807, 2.05) is 13.8 Å². The first kappa shape index (κ1) is 12.0. The van der Waals surface area contributed by atoms with Crippen LogP contribution in [0.3, 0.4) is 0 Å². The largest absolute Gasteiger partial charge is 0.348 e. The fourth-order valence-electron chi connectivity index (χ4n) is 1.73. The van der Waals surface area contributed by atoms with Crippen LogP contribution in [0, 0.1) is 0 Å². The summed E-state index contributed by atoms with van der Waals surface area (Å²) < 4.78 is 11.2. The Morgan fingerprint density at radius 1 is 1.50 bits per heavy atom. The van der Waals surface area contributed by atoms with Crippen molar-refractivity contribution in [2.75, 3.05) is 13.2 Å². The van der Waals surface area contributed by atoms with Crippen LogP contribution in [0.1, 0.15) is 40.5 Å². The maximum atomic E-state index is 5.69. The summed E-state index contributed by atoms with van der Waals surface area (Å²) in [7, 11) is 0. The predicted octanol–water partition coefficient (Wildman–Crippen LogP) is 1.92. The third kappa shape index (κ3) is 3.95. The molecule has 0 radical (unpaired) electrons. The van der Waals surface area contributed by atoms with Gasteiger partial charge in [0.2, 0.25) is 0 Å². The van der Waals surface area contributed by atoms with Gasteiger partial charge in [-0.15, -0.1) is 0 Å². The van der Waals surface area contributed by atoms with Crippen LogP contribution in [0.15, 0.2) is 0 Å². The van der Waals surface area contributed by atoms with Gasteiger partial charge in [-0.25, -0.2) is 0 Å². The summed E-state index contributed by atoms with van der Waals surface area (Å²) in [6, 6.07) is 0.576. The number of nitrogens with one attached hydrogen (secondary N) is 1. The van der Waals surface area contributed by atoms with E-state index in [9.17, 15) is 0 Å². The molecule has 0 aromatic rings. The summed E-state index contributed by atoms with van der Waals surface area (Å²) in [5, 5.41) is 3.46. The second-order valence-electron chi connectivity index (χ2n) is 4.55. The molecule has 84 valence electrons. The fraction of sp³-hybridized carbons (Fsp3) is 1.00. The van der Waals surface area contributed by atoms with Crippen molar-refractivity contribution in [1.82, 2.24) is 5.32 Å². The van der Waals surface area contributed by atoms with Crippen LogP contribution in [0.2, 0.25) is 0 Å². The minimum absolute atomic E-state index is 0.212. The zero-order chi connectivity index (χ0) is 10.6. The van der Waals surface area contributed by atoms with Gasteiger partial charge in [-0.2, -0.15) is 0 Å². The molecule has 0 bridgehead atoms. The molecule has 0 aromatic carbocycles. The third-order valence-corrected chi connectivity index (χ3v) is 2.48. The molecule has 1 rings (SSSR count). The van der Waals surface area contributed by atoms with Crippen molar-refractivity contribution in [2.24, 2.45) is 0 Å². The van der Waals surface area contributed by atoms with Gasteiger partial charge in [-0.1, -0.05) is 13.3 Å². The van der Waals surface area contributed by atoms with Crippen molar-refractivity contribution < 1.29 is 9.47 Å². The van der Waals surface area contributed by atoms with Crippen molar-refractivity contribution in [3.05, 3.63) is 0 Å². The monoisotopic (exact) mass is 201 g/mol. The van der Waals surface area contributed by atoms with Crippen LogP contribution in [0.5, 0.6) is 0 Å². The molecule has 1 aliphatic rings. The van der Waals surface area contributed by atoms with Crippen LogP contribution < -0.4 is 5.32 Å². The highest BCUT2D eigenvalue weighted by Gasteiger charge is 2.32. The highest BCUT2D eigenvalue weighted by atomic mass is 16.7. The molecule has 1 saturated heterocycles. The highest BCUT2D eigenvalue weighted by Crippen LogP contribution is 2.21. The number of rotatable bonds is 5. The lowest BCUT2D eigenvalue weighted by Gasteiger charge is -2.19. The molecule has 1 fully saturated rings. The Bertz CT molecular complexity index is 171. The average molecular weight is 201 g/mol. The van der Waals surface area contributed by atoms with Crippen molar-refractivity contribution in [3.8, 4) is 0 Å². The quantitative estimate of drug-likeness (QED) is 0.737. The summed E-state index contributed by atoms with van der Waals surface area (Å²) in [4.78, 5) is 0. The van der Waals surface area contributed by atoms with Crippen LogP contribution in [0.4, 0.5) is 0 Å². The molecule has 3 nitrogen and oxygen atoms in total. The molecule has 1 aliphatic heterocycles. The normalized spacial score (nSPS) is 27.9. The van der Waals surface area contributed by atoms with E-state index in [1.54, 1.807) is 0 Å². The second kappa shape index (κ2) is 5.10. The van der Waals surface area contributed by atoms with Gasteiger partial charge in [0.25, 0.3) is 0 Å².